The van der Waals surface area contributed by atoms with Crippen LogP contribution in [0, 0.1) is 0 Å². The molecule has 14 nitrogen and oxygen atoms in total. The lowest BCUT2D eigenvalue weighted by Gasteiger charge is -2.36. The van der Waals surface area contributed by atoms with Crippen LogP contribution in [0.5, 0.6) is 0 Å². The van der Waals surface area contributed by atoms with Crippen LogP contribution in [0.3, 0.4) is 0 Å². The predicted octanol–water partition coefficient (Wildman–Crippen LogP) is -2.96. The van der Waals surface area contributed by atoms with Crippen LogP contribution in [0.25, 0.3) is 0 Å². The number of anilines is 1. The number of nitrogen functional groups attached to an aromatic ring is 1. The Balaban J connectivity index is 2.00. The van der Waals surface area contributed by atoms with E-state index in [1.165, 1.54) is 5.38 Å². The first kappa shape index (κ1) is 20.5. The number of carbonyl (C=O) groups excluding carboxylic acids is 3. The fraction of sp³-hybridized carbons (Fsp3) is 0.364. The van der Waals surface area contributed by atoms with Crippen molar-refractivity contribution < 1.29 is 37.0 Å². The number of nitrogens with zero attached hydrogens (tertiary/aromatic N) is 3. The minimum Gasteiger partial charge on any atom is -0.385 e. The first-order chi connectivity index (χ1) is 12.6. The first-order valence-electron chi connectivity index (χ1n) is 6.97. The van der Waals surface area contributed by atoms with Gasteiger partial charge in [0.2, 0.25) is 5.94 Å². The molecule has 1 atom stereocenters. The largest absolute Gasteiger partial charge is 0.385 e. The molecule has 1 aliphatic rings. The zero-order valence-corrected chi connectivity index (χ0v) is 15.0. The number of hydroxylamine groups is 2. The Hall–Kier alpha value is -2.82. The number of amides is 3. The third kappa shape index (κ3) is 5.84. The Morgan fingerprint density at radius 3 is 2.74 bits per heavy atom. The van der Waals surface area contributed by atoms with E-state index in [0.29, 0.717) is 5.06 Å². The van der Waals surface area contributed by atoms with Gasteiger partial charge in [-0.3, -0.25) is 23.8 Å². The molecule has 0 radical (unpaired) electrons. The highest BCUT2D eigenvalue weighted by Crippen LogP contribution is 2.14. The molecule has 0 aliphatic carbocycles. The number of aromatic nitrogens is 1. The minimum absolute atomic E-state index is 0.0470. The summed E-state index contributed by atoms with van der Waals surface area (Å²) in [5.41, 5.74) is 10.1. The van der Waals surface area contributed by atoms with Crippen molar-refractivity contribution in [2.45, 2.75) is 6.04 Å². The molecule has 1 fully saturated rings. The fourth-order valence-electron chi connectivity index (χ4n) is 1.74. The van der Waals surface area contributed by atoms with Crippen LogP contribution in [0.4, 0.5) is 5.13 Å². The molecule has 16 heteroatoms. The average Bonchev–Trinajstić information content (AvgIpc) is 2.98. The van der Waals surface area contributed by atoms with Crippen molar-refractivity contribution >= 4 is 50.0 Å². The maximum absolute atomic E-state index is 12.3. The highest BCUT2D eigenvalue weighted by Gasteiger charge is 2.40. The molecule has 0 saturated carbocycles. The van der Waals surface area contributed by atoms with Gasteiger partial charge in [-0.2, -0.15) is 8.42 Å². The number of thiazole rings is 1. The van der Waals surface area contributed by atoms with E-state index >= 15 is 0 Å². The second-order valence-electron chi connectivity index (χ2n) is 5.00. The number of carbonyl (C=O) groups is 3. The van der Waals surface area contributed by atoms with Crippen LogP contribution in [0.15, 0.2) is 10.5 Å². The van der Waals surface area contributed by atoms with Gasteiger partial charge in [-0.05, 0) is 0 Å². The summed E-state index contributed by atoms with van der Waals surface area (Å²) in [6, 6.07) is -1.03. The quantitative estimate of drug-likeness (QED) is 0.137. The number of β-lactam (4-membered cyclic amide) rings is 1. The number of primary amides is 1. The van der Waals surface area contributed by atoms with E-state index in [-0.39, 0.29) is 23.1 Å². The monoisotopic (exact) mass is 422 g/mol. The molecule has 3 amide bonds. The van der Waals surface area contributed by atoms with Crippen LogP contribution in [0.2, 0.25) is 0 Å². The molecule has 0 spiro atoms. The number of hydrogen-bond acceptors (Lipinski definition) is 11. The predicted molar refractivity (Wildman–Crippen MR) is 89.4 cm³/mol. The Morgan fingerprint density at radius 2 is 2.22 bits per heavy atom. The van der Waals surface area contributed by atoms with Crippen LogP contribution < -0.4 is 16.8 Å². The van der Waals surface area contributed by atoms with Crippen molar-refractivity contribution in [3.05, 3.63) is 11.1 Å². The minimum atomic E-state index is -4.42. The lowest BCUT2D eigenvalue weighted by Crippen LogP contribution is -2.64. The number of rotatable bonds is 9. The van der Waals surface area contributed by atoms with E-state index in [1.54, 1.807) is 0 Å². The molecule has 6 N–H and O–H groups in total. The third-order valence-corrected chi connectivity index (χ3v) is 3.97. The maximum atomic E-state index is 12.3. The van der Waals surface area contributed by atoms with Gasteiger partial charge in [0.15, 0.2) is 17.5 Å². The summed E-state index contributed by atoms with van der Waals surface area (Å²) in [6.07, 6.45) is 0. The van der Waals surface area contributed by atoms with Gasteiger partial charge in [0, 0.05) is 5.38 Å². The molecule has 1 aromatic rings. The number of nitrogens with one attached hydrogen (secondary N) is 1. The molecule has 0 bridgehead atoms. The van der Waals surface area contributed by atoms with Crippen molar-refractivity contribution in [3.8, 4) is 0 Å². The summed E-state index contributed by atoms with van der Waals surface area (Å²) in [4.78, 5) is 48.0. The van der Waals surface area contributed by atoms with Crippen LogP contribution in [-0.4, -0.2) is 71.6 Å². The standard InChI is InChI=1S/C11H14N6O8S2/c12-7(18)2-24-16-8(6-3-26-11(13)15-6)9(19)14-5-1-17(10(5)20)25-4-27(21,22)23/h3,5H,1-2,4H2,(H2,12,18)(H2,13,15)(H,14,19)(H,21,22,23)/t5-/m0/s1. The normalized spacial score (nSPS) is 17.4. The number of oxime groups is 1. The molecule has 148 valence electrons. The average molecular weight is 422 g/mol. The Labute approximate surface area is 155 Å². The van der Waals surface area contributed by atoms with Gasteiger partial charge < -0.3 is 21.6 Å². The molecular weight excluding hydrogens is 408 g/mol. The Bertz CT molecular complexity index is 881. The lowest BCUT2D eigenvalue weighted by atomic mass is 10.1. The van der Waals surface area contributed by atoms with E-state index in [1.807, 2.05) is 0 Å². The highest BCUT2D eigenvalue weighted by atomic mass is 32.2. The molecule has 0 aromatic carbocycles. The van der Waals surface area contributed by atoms with E-state index < -0.39 is 46.4 Å². The third-order valence-electron chi connectivity index (χ3n) is 2.90. The van der Waals surface area contributed by atoms with Crippen molar-refractivity contribution in [2.75, 3.05) is 24.8 Å². The van der Waals surface area contributed by atoms with Gasteiger partial charge in [-0.15, -0.1) is 11.3 Å². The topological polar surface area (TPSA) is 217 Å². The Kier molecular flexibility index (Phi) is 6.26. The summed E-state index contributed by atoms with van der Waals surface area (Å²) in [5, 5.41) is 8.01. The fourth-order valence-corrected chi connectivity index (χ4v) is 2.55. The van der Waals surface area contributed by atoms with E-state index in [0.717, 1.165) is 11.3 Å². The summed E-state index contributed by atoms with van der Waals surface area (Å²) < 4.78 is 29.7. The van der Waals surface area contributed by atoms with Gasteiger partial charge in [0.05, 0.1) is 6.54 Å². The molecule has 1 saturated heterocycles. The van der Waals surface area contributed by atoms with Crippen molar-refractivity contribution in [1.82, 2.24) is 15.4 Å². The van der Waals surface area contributed by atoms with Gasteiger partial charge in [-0.25, -0.2) is 10.0 Å². The first-order valence-corrected chi connectivity index (χ1v) is 9.45. The highest BCUT2D eigenvalue weighted by molar-refractivity contribution is 7.85. The Morgan fingerprint density at radius 1 is 1.52 bits per heavy atom. The van der Waals surface area contributed by atoms with Crippen LogP contribution >= 0.6 is 11.3 Å². The van der Waals surface area contributed by atoms with Crippen LogP contribution in [0.1, 0.15) is 5.69 Å². The van der Waals surface area contributed by atoms with Gasteiger partial charge in [0.1, 0.15) is 11.7 Å². The van der Waals surface area contributed by atoms with Gasteiger partial charge in [-0.1, -0.05) is 5.16 Å². The molecular formula is C11H14N6O8S2. The smallest absolute Gasteiger partial charge is 0.292 e. The summed E-state index contributed by atoms with van der Waals surface area (Å²) in [5.74, 6) is -3.54. The zero-order valence-electron chi connectivity index (χ0n) is 13.4. The summed E-state index contributed by atoms with van der Waals surface area (Å²) >= 11 is 1.02. The van der Waals surface area contributed by atoms with Crippen molar-refractivity contribution in [1.29, 1.82) is 0 Å². The SMILES string of the molecule is NC(=O)CON=C(C(=O)N[C@H]1CN(OCS(=O)(=O)O)C1=O)c1csc(N)n1. The van der Waals surface area contributed by atoms with E-state index in [9.17, 15) is 22.8 Å². The summed E-state index contributed by atoms with van der Waals surface area (Å²) in [7, 11) is -4.42. The lowest BCUT2D eigenvalue weighted by molar-refractivity contribution is -0.206. The van der Waals surface area contributed by atoms with E-state index in [4.69, 9.17) is 16.0 Å². The second kappa shape index (κ2) is 8.25. The molecule has 27 heavy (non-hydrogen) atoms. The molecule has 0 unspecified atom stereocenters. The van der Waals surface area contributed by atoms with Crippen molar-refractivity contribution in [3.63, 3.8) is 0 Å². The molecule has 1 aliphatic heterocycles. The van der Waals surface area contributed by atoms with Crippen molar-refractivity contribution in [2.24, 2.45) is 10.9 Å². The van der Waals surface area contributed by atoms with Gasteiger partial charge >= 0.3 is 0 Å². The zero-order chi connectivity index (χ0) is 20.2. The molecule has 2 rings (SSSR count). The number of nitrogens with two attached hydrogens (primary N) is 2. The molecule has 1 aromatic heterocycles. The van der Waals surface area contributed by atoms with E-state index in [2.05, 4.69) is 25.1 Å². The maximum Gasteiger partial charge on any atom is 0.292 e. The summed E-state index contributed by atoms with van der Waals surface area (Å²) in [6.45, 7) is -0.759. The second-order valence-corrected chi connectivity index (χ2v) is 7.29. The van der Waals surface area contributed by atoms with Crippen LogP contribution in [-0.2, 0) is 34.2 Å². The molecule has 2 heterocycles. The van der Waals surface area contributed by atoms with Gasteiger partial charge in [0.25, 0.3) is 27.8 Å². The number of hydrogen-bond donors (Lipinski definition) is 4.